The van der Waals surface area contributed by atoms with E-state index in [0.29, 0.717) is 11.5 Å². The second kappa shape index (κ2) is 10.3. The highest BCUT2D eigenvalue weighted by Gasteiger charge is 2.17. The summed E-state index contributed by atoms with van der Waals surface area (Å²) in [6.45, 7) is 13.6. The first kappa shape index (κ1) is 22.7. The summed E-state index contributed by atoms with van der Waals surface area (Å²) >= 11 is 0. The number of aryl methyl sites for hydroxylation is 2. The maximum atomic E-state index is 11.3. The molecule has 0 unspecified atom stereocenters. The van der Waals surface area contributed by atoms with Crippen molar-refractivity contribution >= 4 is 17.7 Å². The van der Waals surface area contributed by atoms with E-state index in [2.05, 4.69) is 64.7 Å². The fraction of sp³-hybridized carbons (Fsp3) is 0.400. The molecule has 0 amide bonds. The molecule has 0 N–H and O–H groups in total. The van der Waals surface area contributed by atoms with Crippen molar-refractivity contribution < 1.29 is 14.3 Å². The number of hydrogen-bond acceptors (Lipinski definition) is 4. The Morgan fingerprint density at radius 3 is 2.28 bits per heavy atom. The first-order valence-electron chi connectivity index (χ1n) is 10.0. The first-order chi connectivity index (χ1) is 13.8. The van der Waals surface area contributed by atoms with Gasteiger partial charge in [-0.15, -0.1) is 0 Å². The van der Waals surface area contributed by atoms with Crippen molar-refractivity contribution in [1.29, 1.82) is 0 Å². The summed E-state index contributed by atoms with van der Waals surface area (Å²) in [6, 6.07) is 10.2. The Labute approximate surface area is 175 Å². The lowest BCUT2D eigenvalue weighted by Gasteiger charge is -2.29. The van der Waals surface area contributed by atoms with Gasteiger partial charge in [-0.25, -0.2) is 0 Å². The number of methoxy groups -OCH3 is 1. The van der Waals surface area contributed by atoms with Crippen LogP contribution < -0.4 is 9.64 Å². The van der Waals surface area contributed by atoms with Gasteiger partial charge in [0.25, 0.3) is 0 Å². The molecule has 0 saturated heterocycles. The molecule has 0 bridgehead atoms. The molecule has 0 radical (unpaired) electrons. The summed E-state index contributed by atoms with van der Waals surface area (Å²) in [5.74, 6) is 1.16. The standard InChI is InChI=1S/C25H33NO3/c1-17(2)10-11-26(25-19(5)12-21(15-27)13-20(25)6)22-8-9-24(29-16-28-7)23(14-22)18(3)4/h8-10,12-15,18H,11,16H2,1-7H3. The Hall–Kier alpha value is -2.59. The van der Waals surface area contributed by atoms with Crippen molar-refractivity contribution in [2.45, 2.75) is 47.5 Å². The van der Waals surface area contributed by atoms with Gasteiger partial charge in [0.1, 0.15) is 12.0 Å². The molecule has 0 saturated carbocycles. The monoisotopic (exact) mass is 395 g/mol. The van der Waals surface area contributed by atoms with E-state index in [1.807, 2.05) is 18.2 Å². The van der Waals surface area contributed by atoms with Crippen LogP contribution in [0.3, 0.4) is 0 Å². The van der Waals surface area contributed by atoms with Crippen molar-refractivity contribution in [1.82, 2.24) is 0 Å². The molecule has 4 nitrogen and oxygen atoms in total. The predicted octanol–water partition coefficient (Wildman–Crippen LogP) is 6.33. The van der Waals surface area contributed by atoms with Crippen LogP contribution in [0, 0.1) is 13.8 Å². The molecule has 29 heavy (non-hydrogen) atoms. The number of carbonyl (C=O) groups excluding carboxylic acids is 1. The molecular weight excluding hydrogens is 362 g/mol. The summed E-state index contributed by atoms with van der Waals surface area (Å²) in [5.41, 5.74) is 7.51. The van der Waals surface area contributed by atoms with E-state index in [1.165, 1.54) is 5.57 Å². The van der Waals surface area contributed by atoms with E-state index in [9.17, 15) is 4.79 Å². The SMILES string of the molecule is COCOc1ccc(N(CC=C(C)C)c2c(C)cc(C=O)cc2C)cc1C(C)C. The topological polar surface area (TPSA) is 38.8 Å². The number of anilines is 2. The van der Waals surface area contributed by atoms with Gasteiger partial charge in [-0.05, 0) is 80.6 Å². The van der Waals surface area contributed by atoms with Crippen LogP contribution in [0.5, 0.6) is 5.75 Å². The Bertz CT molecular complexity index is 857. The van der Waals surface area contributed by atoms with E-state index < -0.39 is 0 Å². The number of carbonyl (C=O) groups is 1. The molecule has 156 valence electrons. The largest absolute Gasteiger partial charge is 0.467 e. The van der Waals surface area contributed by atoms with Gasteiger partial charge in [0.15, 0.2) is 6.79 Å². The number of aldehydes is 1. The minimum Gasteiger partial charge on any atom is -0.467 e. The lowest BCUT2D eigenvalue weighted by Crippen LogP contribution is -2.20. The summed E-state index contributed by atoms with van der Waals surface area (Å²) in [5, 5.41) is 0. The predicted molar refractivity (Wildman–Crippen MR) is 121 cm³/mol. The van der Waals surface area contributed by atoms with Crippen molar-refractivity contribution in [2.24, 2.45) is 0 Å². The average molecular weight is 396 g/mol. The van der Waals surface area contributed by atoms with Crippen molar-refractivity contribution in [3.63, 3.8) is 0 Å². The van der Waals surface area contributed by atoms with Crippen LogP contribution in [0.15, 0.2) is 42.0 Å². The van der Waals surface area contributed by atoms with E-state index in [1.54, 1.807) is 7.11 Å². The molecule has 0 spiro atoms. The lowest BCUT2D eigenvalue weighted by atomic mass is 9.99. The van der Waals surface area contributed by atoms with Crippen molar-refractivity contribution in [3.8, 4) is 5.75 Å². The van der Waals surface area contributed by atoms with E-state index >= 15 is 0 Å². The van der Waals surface area contributed by atoms with Crippen LogP contribution in [0.25, 0.3) is 0 Å². The third-order valence-corrected chi connectivity index (χ3v) is 4.86. The Morgan fingerprint density at radius 2 is 1.76 bits per heavy atom. The minimum atomic E-state index is 0.228. The molecule has 0 aliphatic heterocycles. The second-order valence-electron chi connectivity index (χ2n) is 7.94. The molecular formula is C25H33NO3. The Morgan fingerprint density at radius 1 is 1.10 bits per heavy atom. The number of hydrogen-bond donors (Lipinski definition) is 0. The zero-order chi connectivity index (χ0) is 21.6. The van der Waals surface area contributed by atoms with Crippen molar-refractivity contribution in [3.05, 3.63) is 64.2 Å². The third kappa shape index (κ3) is 5.70. The average Bonchev–Trinajstić information content (AvgIpc) is 2.67. The quantitative estimate of drug-likeness (QED) is 0.283. The maximum absolute atomic E-state index is 11.3. The minimum absolute atomic E-state index is 0.228. The van der Waals surface area contributed by atoms with Gasteiger partial charge in [-0.3, -0.25) is 4.79 Å². The molecule has 0 aliphatic rings. The molecule has 0 heterocycles. The number of rotatable bonds is 9. The smallest absolute Gasteiger partial charge is 0.188 e. The fourth-order valence-corrected chi connectivity index (χ4v) is 3.49. The van der Waals surface area contributed by atoms with Crippen LogP contribution in [0.4, 0.5) is 11.4 Å². The number of allylic oxidation sites excluding steroid dienone is 1. The summed E-state index contributed by atoms with van der Waals surface area (Å²) < 4.78 is 10.8. The van der Waals surface area contributed by atoms with Gasteiger partial charge in [0, 0.05) is 30.6 Å². The maximum Gasteiger partial charge on any atom is 0.188 e. The van der Waals surface area contributed by atoms with Gasteiger partial charge in [-0.1, -0.05) is 25.5 Å². The van der Waals surface area contributed by atoms with Crippen LogP contribution in [-0.2, 0) is 4.74 Å². The van der Waals surface area contributed by atoms with Crippen LogP contribution in [-0.4, -0.2) is 26.7 Å². The summed E-state index contributed by atoms with van der Waals surface area (Å²) in [4.78, 5) is 13.6. The number of benzene rings is 2. The molecule has 0 fully saturated rings. The van der Waals surface area contributed by atoms with Crippen LogP contribution in [0.1, 0.15) is 60.7 Å². The zero-order valence-electron chi connectivity index (χ0n) is 18.7. The highest BCUT2D eigenvalue weighted by Crippen LogP contribution is 2.37. The Kier molecular flexibility index (Phi) is 8.03. The van der Waals surface area contributed by atoms with Gasteiger partial charge < -0.3 is 14.4 Å². The van der Waals surface area contributed by atoms with Gasteiger partial charge in [0.2, 0.25) is 0 Å². The fourth-order valence-electron chi connectivity index (χ4n) is 3.49. The third-order valence-electron chi connectivity index (χ3n) is 4.86. The first-order valence-corrected chi connectivity index (χ1v) is 10.0. The van der Waals surface area contributed by atoms with Crippen molar-refractivity contribution in [2.75, 3.05) is 25.3 Å². The second-order valence-corrected chi connectivity index (χ2v) is 7.94. The molecule has 4 heteroatoms. The molecule has 0 aromatic heterocycles. The normalized spacial score (nSPS) is 10.8. The zero-order valence-corrected chi connectivity index (χ0v) is 18.7. The van der Waals surface area contributed by atoms with Gasteiger partial charge in [0.05, 0.1) is 0 Å². The Balaban J connectivity index is 2.60. The molecule has 2 aromatic carbocycles. The molecule has 0 aliphatic carbocycles. The molecule has 0 atom stereocenters. The van der Waals surface area contributed by atoms with Gasteiger partial charge >= 0.3 is 0 Å². The summed E-state index contributed by atoms with van der Waals surface area (Å²) in [7, 11) is 1.62. The van der Waals surface area contributed by atoms with Crippen LogP contribution >= 0.6 is 0 Å². The number of nitrogens with zero attached hydrogens (tertiary/aromatic N) is 1. The highest BCUT2D eigenvalue weighted by molar-refractivity contribution is 5.80. The van der Waals surface area contributed by atoms with E-state index in [0.717, 1.165) is 46.6 Å². The van der Waals surface area contributed by atoms with Crippen LogP contribution in [0.2, 0.25) is 0 Å². The molecule has 2 rings (SSSR count). The molecule has 2 aromatic rings. The number of ether oxygens (including phenoxy) is 2. The highest BCUT2D eigenvalue weighted by atomic mass is 16.7. The van der Waals surface area contributed by atoms with E-state index in [-0.39, 0.29) is 6.79 Å². The van der Waals surface area contributed by atoms with Gasteiger partial charge in [-0.2, -0.15) is 0 Å². The summed E-state index contributed by atoms with van der Waals surface area (Å²) in [6.07, 6.45) is 3.12. The van der Waals surface area contributed by atoms with E-state index in [4.69, 9.17) is 9.47 Å². The lowest BCUT2D eigenvalue weighted by molar-refractivity contribution is 0.0503.